The maximum absolute atomic E-state index is 11.7. The average Bonchev–Trinajstić information content (AvgIpc) is 2.29. The Bertz CT molecular complexity index is 632. The summed E-state index contributed by atoms with van der Waals surface area (Å²) in [4.78, 5) is 18.9. The molecule has 0 aliphatic carbocycles. The van der Waals surface area contributed by atoms with Gasteiger partial charge in [0.05, 0.1) is 5.69 Å². The molecule has 2 aromatic rings. The fourth-order valence-electron chi connectivity index (χ4n) is 1.71. The predicted molar refractivity (Wildman–Crippen MR) is 72.2 cm³/mol. The topological polar surface area (TPSA) is 45.8 Å². The lowest BCUT2D eigenvalue weighted by Gasteiger charge is -2.08. The summed E-state index contributed by atoms with van der Waals surface area (Å²) in [7, 11) is 0. The molecule has 0 aliphatic rings. The first-order chi connectivity index (χ1) is 8.00. The molecule has 0 saturated carbocycles. The number of hydrogen-bond acceptors (Lipinski definition) is 2. The van der Waals surface area contributed by atoms with Gasteiger partial charge in [0.1, 0.15) is 10.3 Å². The van der Waals surface area contributed by atoms with E-state index in [9.17, 15) is 4.79 Å². The predicted octanol–water partition coefficient (Wildman–Crippen LogP) is 3.12. The van der Waals surface area contributed by atoms with Crippen molar-refractivity contribution in [2.75, 3.05) is 0 Å². The van der Waals surface area contributed by atoms with Gasteiger partial charge < -0.3 is 4.98 Å². The Morgan fingerprint density at radius 2 is 1.94 bits per heavy atom. The van der Waals surface area contributed by atoms with E-state index in [4.69, 9.17) is 0 Å². The lowest BCUT2D eigenvalue weighted by Crippen LogP contribution is -2.12. The van der Waals surface area contributed by atoms with Crippen molar-refractivity contribution in [1.29, 1.82) is 0 Å². The third-order valence-electron chi connectivity index (χ3n) is 2.89. The maximum atomic E-state index is 11.7. The van der Waals surface area contributed by atoms with Crippen molar-refractivity contribution in [3.8, 4) is 11.4 Å². The van der Waals surface area contributed by atoms with E-state index in [-0.39, 0.29) is 5.56 Å². The van der Waals surface area contributed by atoms with Gasteiger partial charge >= 0.3 is 0 Å². The highest BCUT2D eigenvalue weighted by Gasteiger charge is 2.09. The number of rotatable bonds is 1. The first-order valence-corrected chi connectivity index (χ1v) is 6.13. The first kappa shape index (κ1) is 12.0. The Labute approximate surface area is 108 Å². The number of aryl methyl sites for hydroxylation is 2. The summed E-state index contributed by atoms with van der Waals surface area (Å²) in [5.41, 5.74) is 3.85. The van der Waals surface area contributed by atoms with Crippen molar-refractivity contribution >= 4 is 15.9 Å². The molecule has 0 fully saturated rings. The van der Waals surface area contributed by atoms with Gasteiger partial charge in [-0.3, -0.25) is 4.79 Å². The minimum absolute atomic E-state index is 0.145. The van der Waals surface area contributed by atoms with Gasteiger partial charge in [0.15, 0.2) is 0 Å². The van der Waals surface area contributed by atoms with Crippen molar-refractivity contribution in [2.24, 2.45) is 0 Å². The van der Waals surface area contributed by atoms with Gasteiger partial charge in [-0.15, -0.1) is 0 Å². The van der Waals surface area contributed by atoms with Crippen LogP contribution < -0.4 is 5.56 Å². The van der Waals surface area contributed by atoms with Crippen LogP contribution in [-0.2, 0) is 0 Å². The molecule has 0 aliphatic heterocycles. The van der Waals surface area contributed by atoms with Crippen LogP contribution in [0, 0.1) is 20.8 Å². The number of benzene rings is 1. The molecule has 1 aromatic carbocycles. The number of halogens is 1. The number of hydrogen-bond donors (Lipinski definition) is 1. The van der Waals surface area contributed by atoms with Crippen LogP contribution in [0.2, 0.25) is 0 Å². The summed E-state index contributed by atoms with van der Waals surface area (Å²) >= 11 is 3.21. The zero-order chi connectivity index (χ0) is 12.6. The molecule has 0 radical (unpaired) electrons. The molecule has 88 valence electrons. The van der Waals surface area contributed by atoms with Crippen LogP contribution in [0.3, 0.4) is 0 Å². The third-order valence-corrected chi connectivity index (χ3v) is 3.82. The van der Waals surface area contributed by atoms with E-state index >= 15 is 0 Å². The largest absolute Gasteiger partial charge is 0.306 e. The van der Waals surface area contributed by atoms with E-state index in [1.54, 1.807) is 0 Å². The summed E-state index contributed by atoms with van der Waals surface area (Å²) < 4.78 is 0.492. The quantitative estimate of drug-likeness (QED) is 0.878. The Kier molecular flexibility index (Phi) is 3.15. The van der Waals surface area contributed by atoms with Gasteiger partial charge in [0.25, 0.3) is 5.56 Å². The number of H-pyrrole nitrogens is 1. The van der Waals surface area contributed by atoms with Crippen molar-refractivity contribution in [2.45, 2.75) is 20.8 Å². The molecule has 1 heterocycles. The fraction of sp³-hybridized carbons (Fsp3) is 0.231. The molecule has 0 saturated heterocycles. The highest BCUT2D eigenvalue weighted by molar-refractivity contribution is 9.10. The first-order valence-electron chi connectivity index (χ1n) is 5.33. The average molecular weight is 293 g/mol. The normalized spacial score (nSPS) is 10.6. The molecule has 4 heteroatoms. The van der Waals surface area contributed by atoms with E-state index in [2.05, 4.69) is 25.9 Å². The molecule has 1 N–H and O–H groups in total. The molecule has 0 atom stereocenters. The lowest BCUT2D eigenvalue weighted by atomic mass is 10.0. The molecule has 0 unspecified atom stereocenters. The maximum Gasteiger partial charge on any atom is 0.265 e. The SMILES string of the molecule is Cc1cccc(-c2nc(C)c(Br)c(=O)[nH]2)c1C. The Morgan fingerprint density at radius 3 is 2.59 bits per heavy atom. The second kappa shape index (κ2) is 4.45. The molecule has 0 bridgehead atoms. The highest BCUT2D eigenvalue weighted by Crippen LogP contribution is 2.22. The molecule has 3 nitrogen and oxygen atoms in total. The second-order valence-corrected chi connectivity index (χ2v) is 4.85. The molecule has 2 rings (SSSR count). The van der Waals surface area contributed by atoms with E-state index in [1.165, 1.54) is 5.56 Å². The van der Waals surface area contributed by atoms with E-state index in [0.29, 0.717) is 16.0 Å². The molecule has 0 spiro atoms. The highest BCUT2D eigenvalue weighted by atomic mass is 79.9. The third kappa shape index (κ3) is 2.17. The van der Waals surface area contributed by atoms with Crippen LogP contribution in [0.1, 0.15) is 16.8 Å². The van der Waals surface area contributed by atoms with Crippen LogP contribution in [0.15, 0.2) is 27.5 Å². The number of nitrogens with zero attached hydrogens (tertiary/aromatic N) is 1. The summed E-state index contributed by atoms with van der Waals surface area (Å²) in [6, 6.07) is 5.98. The number of aromatic nitrogens is 2. The van der Waals surface area contributed by atoms with Crippen molar-refractivity contribution in [3.05, 3.63) is 49.8 Å². The minimum Gasteiger partial charge on any atom is -0.306 e. The van der Waals surface area contributed by atoms with Crippen LogP contribution >= 0.6 is 15.9 Å². The second-order valence-electron chi connectivity index (χ2n) is 4.06. The van der Waals surface area contributed by atoms with E-state index < -0.39 is 0 Å². The van der Waals surface area contributed by atoms with Gasteiger partial charge in [-0.25, -0.2) is 4.98 Å². The van der Waals surface area contributed by atoms with Gasteiger partial charge in [-0.2, -0.15) is 0 Å². The molecule has 1 aromatic heterocycles. The monoisotopic (exact) mass is 292 g/mol. The van der Waals surface area contributed by atoms with E-state index in [1.807, 2.05) is 39.0 Å². The summed E-state index contributed by atoms with van der Waals surface area (Å²) in [6.07, 6.45) is 0. The standard InChI is InChI=1S/C13H13BrN2O/c1-7-5-4-6-10(8(7)2)12-15-9(3)11(14)13(17)16-12/h4-6H,1-3H3,(H,15,16,17). The van der Waals surface area contributed by atoms with Crippen LogP contribution in [0.25, 0.3) is 11.4 Å². The Balaban J connectivity index is 2.70. The molecule has 17 heavy (non-hydrogen) atoms. The van der Waals surface area contributed by atoms with Gasteiger partial charge in [0.2, 0.25) is 0 Å². The van der Waals surface area contributed by atoms with Crippen molar-refractivity contribution < 1.29 is 0 Å². The van der Waals surface area contributed by atoms with Crippen LogP contribution in [-0.4, -0.2) is 9.97 Å². The summed E-state index contributed by atoms with van der Waals surface area (Å²) in [5, 5.41) is 0. The smallest absolute Gasteiger partial charge is 0.265 e. The molecular formula is C13H13BrN2O. The van der Waals surface area contributed by atoms with Crippen molar-refractivity contribution in [1.82, 2.24) is 9.97 Å². The van der Waals surface area contributed by atoms with Crippen LogP contribution in [0.5, 0.6) is 0 Å². The van der Waals surface area contributed by atoms with Gasteiger partial charge in [0, 0.05) is 5.56 Å². The fourth-order valence-corrected chi connectivity index (χ4v) is 1.89. The Hall–Kier alpha value is -1.42. The zero-order valence-corrected chi connectivity index (χ0v) is 11.6. The molecule has 0 amide bonds. The summed E-state index contributed by atoms with van der Waals surface area (Å²) in [6.45, 7) is 5.89. The zero-order valence-electron chi connectivity index (χ0n) is 9.97. The minimum atomic E-state index is -0.145. The van der Waals surface area contributed by atoms with Crippen LogP contribution in [0.4, 0.5) is 0 Å². The summed E-state index contributed by atoms with van der Waals surface area (Å²) in [5.74, 6) is 0.622. The van der Waals surface area contributed by atoms with Gasteiger partial charge in [-0.05, 0) is 47.8 Å². The van der Waals surface area contributed by atoms with Gasteiger partial charge in [-0.1, -0.05) is 18.2 Å². The Morgan fingerprint density at radius 1 is 1.24 bits per heavy atom. The number of nitrogens with one attached hydrogen (secondary N) is 1. The molecular weight excluding hydrogens is 280 g/mol. The van der Waals surface area contributed by atoms with E-state index in [0.717, 1.165) is 11.1 Å². The lowest BCUT2D eigenvalue weighted by molar-refractivity contribution is 1.05. The number of aromatic amines is 1. The van der Waals surface area contributed by atoms with Crippen molar-refractivity contribution in [3.63, 3.8) is 0 Å².